The van der Waals surface area contributed by atoms with Crippen molar-refractivity contribution in [3.8, 4) is 22.3 Å². The first-order valence-corrected chi connectivity index (χ1v) is 12.4. The van der Waals surface area contributed by atoms with E-state index in [1.807, 2.05) is 0 Å². The molecule has 0 aliphatic carbocycles. The highest BCUT2D eigenvalue weighted by molar-refractivity contribution is 6.11. The van der Waals surface area contributed by atoms with E-state index in [2.05, 4.69) is 153 Å². The molecule has 0 fully saturated rings. The first-order valence-electron chi connectivity index (χ1n) is 12.4. The number of nitrogens with one attached hydrogen (secondary N) is 1. The van der Waals surface area contributed by atoms with E-state index in [9.17, 15) is 0 Å². The van der Waals surface area contributed by atoms with E-state index in [1.54, 1.807) is 0 Å². The molecule has 0 unspecified atom stereocenters. The zero-order chi connectivity index (χ0) is 25.2. The smallest absolute Gasteiger partial charge is 0.0550 e. The van der Waals surface area contributed by atoms with E-state index in [0.29, 0.717) is 0 Å². The maximum Gasteiger partial charge on any atom is 0.0550 e. The van der Waals surface area contributed by atoms with E-state index in [1.165, 1.54) is 50.0 Å². The number of fused-ring (bicyclic) bond motifs is 1. The molecule has 0 radical (unpaired) electrons. The van der Waals surface area contributed by atoms with Gasteiger partial charge in [-0.15, -0.1) is 0 Å². The number of nitrogens with zero attached hydrogens (tertiary/aromatic N) is 2. The Kier molecular flexibility index (Phi) is 6.39. The van der Waals surface area contributed by atoms with Crippen LogP contribution in [0.2, 0.25) is 0 Å². The van der Waals surface area contributed by atoms with Crippen molar-refractivity contribution in [1.29, 1.82) is 0 Å². The molecule has 1 N–H and O–H groups in total. The fourth-order valence-corrected chi connectivity index (χ4v) is 4.91. The zero-order valence-corrected chi connectivity index (χ0v) is 21.7. The summed E-state index contributed by atoms with van der Waals surface area (Å²) >= 11 is 0. The Hall–Kier alpha value is -4.24. The second-order valence-corrected chi connectivity index (χ2v) is 9.67. The number of benzene rings is 5. The molecule has 0 atom stereocenters. The summed E-state index contributed by atoms with van der Waals surface area (Å²) in [5, 5.41) is 6.28. The maximum absolute atomic E-state index is 3.80. The van der Waals surface area contributed by atoms with Gasteiger partial charge in [-0.05, 0) is 71.0 Å². The summed E-state index contributed by atoms with van der Waals surface area (Å²) in [6.07, 6.45) is 0. The third-order valence-electron chi connectivity index (χ3n) is 6.86. The van der Waals surface area contributed by atoms with Crippen molar-refractivity contribution in [3.05, 3.63) is 109 Å². The molecule has 36 heavy (non-hydrogen) atoms. The van der Waals surface area contributed by atoms with Gasteiger partial charge in [-0.1, -0.05) is 66.7 Å². The largest absolute Gasteiger partial charge is 0.378 e. The van der Waals surface area contributed by atoms with E-state index >= 15 is 0 Å². The van der Waals surface area contributed by atoms with Crippen LogP contribution in [-0.4, -0.2) is 28.2 Å². The Labute approximate surface area is 214 Å². The highest BCUT2D eigenvalue weighted by atomic mass is 15.1. The molecule has 5 aromatic rings. The van der Waals surface area contributed by atoms with Crippen molar-refractivity contribution in [2.75, 3.05) is 43.3 Å². The number of hydrogen-bond acceptors (Lipinski definition) is 3. The van der Waals surface area contributed by atoms with Crippen LogP contribution in [0.1, 0.15) is 5.56 Å². The number of aryl methyl sites for hydroxylation is 1. The Morgan fingerprint density at radius 3 is 1.50 bits per heavy atom. The molecule has 0 saturated carbocycles. The van der Waals surface area contributed by atoms with Gasteiger partial charge in [0.2, 0.25) is 0 Å². The molecule has 180 valence electrons. The lowest BCUT2D eigenvalue weighted by Crippen LogP contribution is -2.08. The van der Waals surface area contributed by atoms with Crippen LogP contribution in [0.25, 0.3) is 33.0 Å². The second kappa shape index (κ2) is 9.79. The molecule has 0 aromatic heterocycles. The molecule has 0 saturated heterocycles. The normalized spacial score (nSPS) is 10.9. The van der Waals surface area contributed by atoms with Crippen molar-refractivity contribution in [3.63, 3.8) is 0 Å². The average molecular weight is 472 g/mol. The molecular formula is C33H33N3. The predicted molar refractivity (Wildman–Crippen MR) is 158 cm³/mol. The molecule has 0 amide bonds. The topological polar surface area (TPSA) is 18.5 Å². The monoisotopic (exact) mass is 471 g/mol. The van der Waals surface area contributed by atoms with Gasteiger partial charge in [-0.3, -0.25) is 0 Å². The summed E-state index contributed by atoms with van der Waals surface area (Å²) in [7, 11) is 8.32. The first-order chi connectivity index (χ1) is 17.4. The number of hydrogen-bond donors (Lipinski definition) is 1. The average Bonchev–Trinajstić information content (AvgIpc) is 2.91. The van der Waals surface area contributed by atoms with Crippen LogP contribution in [0.3, 0.4) is 0 Å². The van der Waals surface area contributed by atoms with Gasteiger partial charge in [0.25, 0.3) is 0 Å². The van der Waals surface area contributed by atoms with Gasteiger partial charge < -0.3 is 15.1 Å². The summed E-state index contributed by atoms with van der Waals surface area (Å²) in [6.45, 7) is 2.25. The third-order valence-corrected chi connectivity index (χ3v) is 6.86. The van der Waals surface area contributed by atoms with Gasteiger partial charge >= 0.3 is 0 Å². The highest BCUT2D eigenvalue weighted by Gasteiger charge is 2.20. The Balaban J connectivity index is 1.84. The van der Waals surface area contributed by atoms with Crippen LogP contribution in [0.15, 0.2) is 103 Å². The SMILES string of the molecule is Cc1c(-c2ccc(N(C)C)cc2)c(-c2ccc(N(C)C)cc2)c(Nc2ccccc2)c2ccccc12. The van der Waals surface area contributed by atoms with E-state index in [-0.39, 0.29) is 0 Å². The van der Waals surface area contributed by atoms with Gasteiger partial charge in [0.15, 0.2) is 0 Å². The Morgan fingerprint density at radius 2 is 0.972 bits per heavy atom. The standard InChI is InChI=1S/C33H33N3/c1-23-29-13-9-10-14-30(29)33(34-26-11-7-6-8-12-26)32(25-17-21-28(22-18-25)36(4)5)31(23)24-15-19-27(20-16-24)35(2)3/h6-22,34H,1-5H3. The summed E-state index contributed by atoms with van der Waals surface area (Å²) in [6, 6.07) is 36.9. The lowest BCUT2D eigenvalue weighted by Gasteiger charge is -2.24. The van der Waals surface area contributed by atoms with Crippen LogP contribution in [0.4, 0.5) is 22.7 Å². The molecule has 0 aliphatic heterocycles. The van der Waals surface area contributed by atoms with Gasteiger partial charge in [0.1, 0.15) is 0 Å². The first kappa shape index (κ1) is 23.5. The molecule has 5 rings (SSSR count). The maximum atomic E-state index is 3.80. The molecule has 0 spiro atoms. The number of rotatable bonds is 6. The Morgan fingerprint density at radius 1 is 0.500 bits per heavy atom. The van der Waals surface area contributed by atoms with Crippen LogP contribution in [0.5, 0.6) is 0 Å². The molecule has 0 heterocycles. The summed E-state index contributed by atoms with van der Waals surface area (Å²) in [5.74, 6) is 0. The molecule has 0 bridgehead atoms. The summed E-state index contributed by atoms with van der Waals surface area (Å²) < 4.78 is 0. The quantitative estimate of drug-likeness (QED) is 0.268. The zero-order valence-electron chi connectivity index (χ0n) is 21.7. The minimum Gasteiger partial charge on any atom is -0.378 e. The van der Waals surface area contributed by atoms with Crippen LogP contribution in [0, 0.1) is 6.92 Å². The summed E-state index contributed by atoms with van der Waals surface area (Å²) in [5.41, 5.74) is 10.8. The third kappa shape index (κ3) is 4.40. The lowest BCUT2D eigenvalue weighted by molar-refractivity contribution is 1.13. The van der Waals surface area contributed by atoms with E-state index in [0.717, 1.165) is 11.4 Å². The molecule has 0 aliphatic rings. The van der Waals surface area contributed by atoms with Gasteiger partial charge in [0, 0.05) is 56.2 Å². The number of anilines is 4. The van der Waals surface area contributed by atoms with Crippen LogP contribution in [-0.2, 0) is 0 Å². The predicted octanol–water partition coefficient (Wildman–Crippen LogP) is 8.36. The van der Waals surface area contributed by atoms with E-state index < -0.39 is 0 Å². The van der Waals surface area contributed by atoms with Crippen LogP contribution >= 0.6 is 0 Å². The fourth-order valence-electron chi connectivity index (χ4n) is 4.91. The fraction of sp³-hybridized carbons (Fsp3) is 0.152. The Bertz CT molecular complexity index is 1480. The minimum atomic E-state index is 1.08. The molecule has 3 heteroatoms. The van der Waals surface area contributed by atoms with Crippen molar-refractivity contribution < 1.29 is 0 Å². The van der Waals surface area contributed by atoms with Gasteiger partial charge in [-0.2, -0.15) is 0 Å². The number of para-hydroxylation sites is 1. The highest BCUT2D eigenvalue weighted by Crippen LogP contribution is 2.47. The summed E-state index contributed by atoms with van der Waals surface area (Å²) in [4.78, 5) is 4.28. The van der Waals surface area contributed by atoms with Gasteiger partial charge in [0.05, 0.1) is 5.69 Å². The van der Waals surface area contributed by atoms with Crippen molar-refractivity contribution in [1.82, 2.24) is 0 Å². The van der Waals surface area contributed by atoms with Crippen molar-refractivity contribution in [2.24, 2.45) is 0 Å². The minimum absolute atomic E-state index is 1.08. The molecular weight excluding hydrogens is 438 g/mol. The molecule has 5 aromatic carbocycles. The van der Waals surface area contributed by atoms with Crippen molar-refractivity contribution >= 4 is 33.5 Å². The van der Waals surface area contributed by atoms with Crippen molar-refractivity contribution in [2.45, 2.75) is 6.92 Å². The van der Waals surface area contributed by atoms with Crippen LogP contribution < -0.4 is 15.1 Å². The van der Waals surface area contributed by atoms with Gasteiger partial charge in [-0.25, -0.2) is 0 Å². The van der Waals surface area contributed by atoms with E-state index in [4.69, 9.17) is 0 Å². The molecule has 3 nitrogen and oxygen atoms in total. The lowest BCUT2D eigenvalue weighted by atomic mass is 9.85. The second-order valence-electron chi connectivity index (χ2n) is 9.67.